The number of nitrogens with zero attached hydrogens (tertiary/aromatic N) is 1. The number of para-hydroxylation sites is 1. The summed E-state index contributed by atoms with van der Waals surface area (Å²) in [4.78, 5) is 13.4. The highest BCUT2D eigenvalue weighted by molar-refractivity contribution is 5.80. The summed E-state index contributed by atoms with van der Waals surface area (Å²) in [5, 5.41) is 5.90. The van der Waals surface area contributed by atoms with Crippen LogP contribution in [0.3, 0.4) is 0 Å². The number of nitrogens with one attached hydrogen (secondary N) is 2. The van der Waals surface area contributed by atoms with Gasteiger partial charge in [-0.1, -0.05) is 18.2 Å². The fourth-order valence-electron chi connectivity index (χ4n) is 1.22. The third kappa shape index (κ3) is 5.36. The van der Waals surface area contributed by atoms with Crippen LogP contribution in [0.1, 0.15) is 0 Å². The van der Waals surface area contributed by atoms with E-state index in [2.05, 4.69) is 10.6 Å². The molecule has 88 valence electrons. The zero-order chi connectivity index (χ0) is 11.8. The van der Waals surface area contributed by atoms with Gasteiger partial charge in [-0.15, -0.1) is 0 Å². The molecule has 0 radical (unpaired) electrons. The van der Waals surface area contributed by atoms with E-state index < -0.39 is 0 Å². The molecule has 4 heteroatoms. The minimum absolute atomic E-state index is 0.0192. The van der Waals surface area contributed by atoms with Crippen LogP contribution in [0.5, 0.6) is 0 Å². The van der Waals surface area contributed by atoms with Crippen LogP contribution in [0.15, 0.2) is 30.3 Å². The Bertz CT molecular complexity index is 311. The number of anilines is 1. The van der Waals surface area contributed by atoms with Crippen molar-refractivity contribution in [3.63, 3.8) is 0 Å². The van der Waals surface area contributed by atoms with Crippen molar-refractivity contribution in [3.8, 4) is 0 Å². The van der Waals surface area contributed by atoms with Gasteiger partial charge in [0.25, 0.3) is 0 Å². The fourth-order valence-corrected chi connectivity index (χ4v) is 1.22. The molecule has 2 N–H and O–H groups in total. The van der Waals surface area contributed by atoms with Gasteiger partial charge in [-0.2, -0.15) is 0 Å². The molecule has 0 saturated carbocycles. The molecule has 16 heavy (non-hydrogen) atoms. The summed E-state index contributed by atoms with van der Waals surface area (Å²) in [5.74, 6) is 0.0192. The van der Waals surface area contributed by atoms with Crippen LogP contribution in [0.25, 0.3) is 0 Å². The maximum Gasteiger partial charge on any atom is 0.239 e. The van der Waals surface area contributed by atoms with E-state index >= 15 is 0 Å². The van der Waals surface area contributed by atoms with Gasteiger partial charge in [0.1, 0.15) is 0 Å². The van der Waals surface area contributed by atoms with Gasteiger partial charge >= 0.3 is 0 Å². The molecule has 0 spiro atoms. The van der Waals surface area contributed by atoms with Crippen LogP contribution < -0.4 is 10.6 Å². The van der Waals surface area contributed by atoms with Crippen LogP contribution in [-0.2, 0) is 4.79 Å². The predicted molar refractivity (Wildman–Crippen MR) is 66.5 cm³/mol. The van der Waals surface area contributed by atoms with Crippen molar-refractivity contribution >= 4 is 11.6 Å². The third-order valence-corrected chi connectivity index (χ3v) is 2.11. The molecule has 1 rings (SSSR count). The van der Waals surface area contributed by atoms with E-state index in [0.717, 1.165) is 12.2 Å². The highest BCUT2D eigenvalue weighted by Crippen LogP contribution is 2.03. The second kappa shape index (κ2) is 6.85. The number of rotatable bonds is 6. The molecular formula is C12H19N3O. The van der Waals surface area contributed by atoms with Crippen LogP contribution in [0.2, 0.25) is 0 Å². The van der Waals surface area contributed by atoms with Gasteiger partial charge in [0.05, 0.1) is 6.54 Å². The van der Waals surface area contributed by atoms with Crippen LogP contribution in [0.4, 0.5) is 5.69 Å². The van der Waals surface area contributed by atoms with Crippen molar-refractivity contribution in [2.75, 3.05) is 39.0 Å². The monoisotopic (exact) mass is 221 g/mol. The topological polar surface area (TPSA) is 44.4 Å². The smallest absolute Gasteiger partial charge is 0.239 e. The van der Waals surface area contributed by atoms with Crippen molar-refractivity contribution in [1.82, 2.24) is 10.2 Å². The summed E-state index contributed by atoms with van der Waals surface area (Å²) < 4.78 is 0. The number of hydrogen-bond donors (Lipinski definition) is 2. The van der Waals surface area contributed by atoms with Crippen LogP contribution in [0, 0.1) is 0 Å². The van der Waals surface area contributed by atoms with Gasteiger partial charge < -0.3 is 15.5 Å². The molecule has 0 aliphatic rings. The lowest BCUT2D eigenvalue weighted by Gasteiger charge is -2.11. The summed E-state index contributed by atoms with van der Waals surface area (Å²) in [5.41, 5.74) is 0.963. The molecule has 0 aliphatic carbocycles. The zero-order valence-electron chi connectivity index (χ0n) is 9.86. The molecule has 1 amide bonds. The molecule has 1 aromatic rings. The van der Waals surface area contributed by atoms with Crippen molar-refractivity contribution in [2.24, 2.45) is 0 Å². The molecule has 0 atom stereocenters. The Morgan fingerprint density at radius 3 is 2.56 bits per heavy atom. The number of carbonyl (C=O) groups is 1. The normalized spacial score (nSPS) is 10.2. The molecule has 0 bridgehead atoms. The average molecular weight is 221 g/mol. The van der Waals surface area contributed by atoms with E-state index in [1.807, 2.05) is 49.3 Å². The molecule has 0 unspecified atom stereocenters. The summed E-state index contributed by atoms with van der Waals surface area (Å²) in [7, 11) is 3.96. The summed E-state index contributed by atoms with van der Waals surface area (Å²) in [6, 6.07) is 9.70. The first-order valence-corrected chi connectivity index (χ1v) is 5.39. The Labute approximate surface area is 96.6 Å². The van der Waals surface area contributed by atoms with E-state index in [1.165, 1.54) is 0 Å². The number of benzene rings is 1. The molecule has 0 fully saturated rings. The Morgan fingerprint density at radius 1 is 1.25 bits per heavy atom. The zero-order valence-corrected chi connectivity index (χ0v) is 9.86. The summed E-state index contributed by atoms with van der Waals surface area (Å²) in [6.45, 7) is 1.86. The van der Waals surface area contributed by atoms with Gasteiger partial charge in [-0.25, -0.2) is 0 Å². The summed E-state index contributed by atoms with van der Waals surface area (Å²) in [6.07, 6.45) is 0. The minimum Gasteiger partial charge on any atom is -0.376 e. The van der Waals surface area contributed by atoms with Gasteiger partial charge in [0.15, 0.2) is 0 Å². The average Bonchev–Trinajstić information content (AvgIpc) is 2.27. The maximum absolute atomic E-state index is 11.4. The highest BCUT2D eigenvalue weighted by Gasteiger charge is 1.99. The Kier molecular flexibility index (Phi) is 5.36. The molecule has 0 heterocycles. The van der Waals surface area contributed by atoms with Crippen molar-refractivity contribution in [2.45, 2.75) is 0 Å². The first-order chi connectivity index (χ1) is 7.68. The van der Waals surface area contributed by atoms with Gasteiger partial charge in [-0.05, 0) is 26.2 Å². The largest absolute Gasteiger partial charge is 0.376 e. The molecule has 1 aromatic carbocycles. The lowest BCUT2D eigenvalue weighted by molar-refractivity contribution is -0.119. The Balaban J connectivity index is 2.16. The molecule has 0 aliphatic heterocycles. The number of likely N-dealkylation sites (N-methyl/N-ethyl adjacent to an activating group) is 1. The van der Waals surface area contributed by atoms with Crippen molar-refractivity contribution in [3.05, 3.63) is 30.3 Å². The fraction of sp³-hybridized carbons (Fsp3) is 0.417. The first-order valence-electron chi connectivity index (χ1n) is 5.39. The number of hydrogen-bond acceptors (Lipinski definition) is 3. The lowest BCUT2D eigenvalue weighted by atomic mass is 10.3. The number of carbonyl (C=O) groups excluding carboxylic acids is 1. The Morgan fingerprint density at radius 2 is 1.94 bits per heavy atom. The third-order valence-electron chi connectivity index (χ3n) is 2.11. The quantitative estimate of drug-likeness (QED) is 0.746. The van der Waals surface area contributed by atoms with E-state index in [4.69, 9.17) is 0 Å². The highest BCUT2D eigenvalue weighted by atomic mass is 16.1. The Hall–Kier alpha value is -1.55. The van der Waals surface area contributed by atoms with E-state index in [-0.39, 0.29) is 5.91 Å². The maximum atomic E-state index is 11.4. The SMILES string of the molecule is CN(C)CCNC(=O)CNc1ccccc1. The molecule has 0 aromatic heterocycles. The van der Waals surface area contributed by atoms with Gasteiger partial charge in [0.2, 0.25) is 5.91 Å². The first kappa shape index (κ1) is 12.5. The number of amides is 1. The van der Waals surface area contributed by atoms with Gasteiger partial charge in [0, 0.05) is 18.8 Å². The predicted octanol–water partition coefficient (Wildman–Crippen LogP) is 0.776. The van der Waals surface area contributed by atoms with Crippen molar-refractivity contribution in [1.29, 1.82) is 0 Å². The van der Waals surface area contributed by atoms with Crippen LogP contribution in [-0.4, -0.2) is 44.5 Å². The van der Waals surface area contributed by atoms with Crippen molar-refractivity contribution < 1.29 is 4.79 Å². The summed E-state index contributed by atoms with van der Waals surface area (Å²) >= 11 is 0. The molecule has 0 saturated heterocycles. The molecular weight excluding hydrogens is 202 g/mol. The lowest BCUT2D eigenvalue weighted by Crippen LogP contribution is -2.34. The standard InChI is InChI=1S/C12H19N3O/c1-15(2)9-8-13-12(16)10-14-11-6-4-3-5-7-11/h3-7,14H,8-10H2,1-2H3,(H,13,16). The second-order valence-electron chi connectivity index (χ2n) is 3.87. The van der Waals surface area contributed by atoms with Crippen LogP contribution >= 0.6 is 0 Å². The second-order valence-corrected chi connectivity index (χ2v) is 3.87. The minimum atomic E-state index is 0.0192. The van der Waals surface area contributed by atoms with E-state index in [1.54, 1.807) is 0 Å². The van der Waals surface area contributed by atoms with E-state index in [0.29, 0.717) is 13.1 Å². The molecule has 4 nitrogen and oxygen atoms in total. The van der Waals surface area contributed by atoms with Gasteiger partial charge in [-0.3, -0.25) is 4.79 Å². The van der Waals surface area contributed by atoms with E-state index in [9.17, 15) is 4.79 Å².